The van der Waals surface area contributed by atoms with Gasteiger partial charge in [-0.15, -0.1) is 11.3 Å². The third-order valence-electron chi connectivity index (χ3n) is 3.16. The summed E-state index contributed by atoms with van der Waals surface area (Å²) in [6, 6.07) is 4.13. The molecule has 2 aromatic heterocycles. The molecule has 1 nitrogen and oxygen atoms in total. The molecule has 0 unspecified atom stereocenters. The van der Waals surface area contributed by atoms with Gasteiger partial charge < -0.3 is 0 Å². The van der Waals surface area contributed by atoms with E-state index in [1.165, 1.54) is 31.4 Å². The van der Waals surface area contributed by atoms with E-state index in [1.54, 1.807) is 11.3 Å². The summed E-state index contributed by atoms with van der Waals surface area (Å²) < 4.78 is 1.12. The van der Waals surface area contributed by atoms with Gasteiger partial charge in [-0.3, -0.25) is 4.98 Å². The lowest BCUT2D eigenvalue weighted by molar-refractivity contribution is 0.701. The summed E-state index contributed by atoms with van der Waals surface area (Å²) in [5.74, 6) is 0.645. The molecule has 0 aliphatic heterocycles. The van der Waals surface area contributed by atoms with Crippen molar-refractivity contribution in [1.82, 2.24) is 4.98 Å². The molecule has 1 saturated carbocycles. The first-order valence-electron chi connectivity index (χ1n) is 5.38. The van der Waals surface area contributed by atoms with Crippen molar-refractivity contribution in [2.75, 3.05) is 0 Å². The Morgan fingerprint density at radius 1 is 1.33 bits per heavy atom. The molecule has 0 bridgehead atoms. The van der Waals surface area contributed by atoms with Gasteiger partial charge in [0, 0.05) is 11.6 Å². The normalized spacial score (nSPS) is 17.7. The zero-order chi connectivity index (χ0) is 10.3. The van der Waals surface area contributed by atoms with Crippen LogP contribution in [0.1, 0.15) is 37.3 Å². The molecule has 1 fully saturated rings. The van der Waals surface area contributed by atoms with Crippen molar-refractivity contribution in [2.45, 2.75) is 31.6 Å². The van der Waals surface area contributed by atoms with Gasteiger partial charge in [0.25, 0.3) is 0 Å². The summed E-state index contributed by atoms with van der Waals surface area (Å²) in [5.41, 5.74) is 2.26. The Hall–Kier alpha value is -0.600. The first-order valence-corrected chi connectivity index (χ1v) is 6.64. The first-order chi connectivity index (χ1) is 7.34. The van der Waals surface area contributed by atoms with E-state index < -0.39 is 0 Å². The van der Waals surface area contributed by atoms with Crippen LogP contribution in [0.3, 0.4) is 0 Å². The zero-order valence-corrected chi connectivity index (χ0v) is 9.94. The van der Waals surface area contributed by atoms with Gasteiger partial charge in [-0.2, -0.15) is 0 Å². The van der Waals surface area contributed by atoms with E-state index in [-0.39, 0.29) is 0 Å². The highest BCUT2D eigenvalue weighted by Crippen LogP contribution is 2.36. The molecule has 0 radical (unpaired) electrons. The Balaban J connectivity index is 2.11. The summed E-state index contributed by atoms with van der Waals surface area (Å²) >= 11 is 7.92. The summed E-state index contributed by atoms with van der Waals surface area (Å²) in [7, 11) is 0. The van der Waals surface area contributed by atoms with E-state index >= 15 is 0 Å². The molecule has 0 aromatic carbocycles. The van der Waals surface area contributed by atoms with Gasteiger partial charge in [-0.1, -0.05) is 24.4 Å². The number of pyridine rings is 1. The van der Waals surface area contributed by atoms with Gasteiger partial charge in [0.2, 0.25) is 0 Å². The predicted molar refractivity (Wildman–Crippen MR) is 65.8 cm³/mol. The molecule has 0 amide bonds. The standard InChI is InChI=1S/C12H12ClNS/c13-9-7-11(8-3-1-2-4-8)14-10-5-6-15-12(9)10/h5-8H,1-4H2. The molecule has 0 N–H and O–H groups in total. The molecule has 78 valence electrons. The monoisotopic (exact) mass is 237 g/mol. The highest BCUT2D eigenvalue weighted by molar-refractivity contribution is 7.17. The third kappa shape index (κ3) is 1.66. The fourth-order valence-electron chi connectivity index (χ4n) is 2.37. The quantitative estimate of drug-likeness (QED) is 0.706. The molecule has 0 saturated heterocycles. The van der Waals surface area contributed by atoms with Crippen LogP contribution in [-0.2, 0) is 0 Å². The van der Waals surface area contributed by atoms with E-state index in [0.717, 1.165) is 15.2 Å². The molecule has 15 heavy (non-hydrogen) atoms. The number of rotatable bonds is 1. The summed E-state index contributed by atoms with van der Waals surface area (Å²) in [6.45, 7) is 0. The molecule has 0 atom stereocenters. The Kier molecular flexibility index (Phi) is 2.41. The minimum Gasteiger partial charge on any atom is -0.252 e. The third-order valence-corrected chi connectivity index (χ3v) is 4.51. The van der Waals surface area contributed by atoms with Crippen LogP contribution in [0.4, 0.5) is 0 Å². The van der Waals surface area contributed by atoms with Crippen molar-refractivity contribution in [3.05, 3.63) is 28.2 Å². The fraction of sp³-hybridized carbons (Fsp3) is 0.417. The molecule has 3 rings (SSSR count). The minimum atomic E-state index is 0.645. The minimum absolute atomic E-state index is 0.645. The second kappa shape index (κ2) is 3.76. The van der Waals surface area contributed by atoms with Crippen LogP contribution in [0.5, 0.6) is 0 Å². The number of hydrogen-bond acceptors (Lipinski definition) is 2. The van der Waals surface area contributed by atoms with Crippen LogP contribution >= 0.6 is 22.9 Å². The second-order valence-electron chi connectivity index (χ2n) is 4.15. The van der Waals surface area contributed by atoms with E-state index in [2.05, 4.69) is 17.5 Å². The Morgan fingerprint density at radius 3 is 2.93 bits per heavy atom. The maximum absolute atomic E-state index is 6.25. The average molecular weight is 238 g/mol. The maximum atomic E-state index is 6.25. The van der Waals surface area contributed by atoms with Crippen LogP contribution in [0.25, 0.3) is 10.2 Å². The molecular weight excluding hydrogens is 226 g/mol. The Labute approximate surface area is 98.1 Å². The zero-order valence-electron chi connectivity index (χ0n) is 8.37. The van der Waals surface area contributed by atoms with Gasteiger partial charge >= 0.3 is 0 Å². The highest BCUT2D eigenvalue weighted by Gasteiger charge is 2.19. The predicted octanol–water partition coefficient (Wildman–Crippen LogP) is 4.61. The van der Waals surface area contributed by atoms with E-state index in [0.29, 0.717) is 5.92 Å². The lowest BCUT2D eigenvalue weighted by Gasteiger charge is -2.08. The molecule has 2 heterocycles. The van der Waals surface area contributed by atoms with Crippen molar-refractivity contribution in [3.8, 4) is 0 Å². The van der Waals surface area contributed by atoms with E-state index in [4.69, 9.17) is 16.6 Å². The van der Waals surface area contributed by atoms with Crippen LogP contribution < -0.4 is 0 Å². The van der Waals surface area contributed by atoms with Gasteiger partial charge in [0.1, 0.15) is 0 Å². The van der Waals surface area contributed by atoms with Gasteiger partial charge in [-0.25, -0.2) is 0 Å². The SMILES string of the molecule is Clc1cc(C2CCCC2)nc2ccsc12. The van der Waals surface area contributed by atoms with Gasteiger partial charge in [0.15, 0.2) is 0 Å². The van der Waals surface area contributed by atoms with E-state index in [1.807, 2.05) is 0 Å². The van der Waals surface area contributed by atoms with Crippen molar-refractivity contribution in [3.63, 3.8) is 0 Å². The van der Waals surface area contributed by atoms with Crippen LogP contribution in [0, 0.1) is 0 Å². The number of hydrogen-bond donors (Lipinski definition) is 0. The van der Waals surface area contributed by atoms with Crippen molar-refractivity contribution >= 4 is 33.2 Å². The first kappa shape index (κ1) is 9.61. The number of thiophene rings is 1. The van der Waals surface area contributed by atoms with Gasteiger partial charge in [0.05, 0.1) is 15.2 Å². The maximum Gasteiger partial charge on any atom is 0.0828 e. The second-order valence-corrected chi connectivity index (χ2v) is 5.47. The van der Waals surface area contributed by atoms with Crippen molar-refractivity contribution < 1.29 is 0 Å². The largest absolute Gasteiger partial charge is 0.252 e. The smallest absolute Gasteiger partial charge is 0.0828 e. The highest BCUT2D eigenvalue weighted by atomic mass is 35.5. The van der Waals surface area contributed by atoms with Crippen molar-refractivity contribution in [1.29, 1.82) is 0 Å². The molecule has 1 aliphatic rings. The molecule has 0 spiro atoms. The number of fused-ring (bicyclic) bond motifs is 1. The molecule has 2 aromatic rings. The summed E-state index contributed by atoms with van der Waals surface area (Å²) in [4.78, 5) is 4.70. The van der Waals surface area contributed by atoms with Crippen molar-refractivity contribution in [2.24, 2.45) is 0 Å². The van der Waals surface area contributed by atoms with Crippen LogP contribution in [-0.4, -0.2) is 4.98 Å². The number of halogens is 1. The lowest BCUT2D eigenvalue weighted by Crippen LogP contribution is -1.95. The molecule has 3 heteroatoms. The Morgan fingerprint density at radius 2 is 2.13 bits per heavy atom. The fourth-order valence-corrected chi connectivity index (χ4v) is 3.45. The van der Waals surface area contributed by atoms with Gasteiger partial charge in [-0.05, 0) is 30.4 Å². The summed E-state index contributed by atoms with van der Waals surface area (Å²) in [6.07, 6.45) is 5.23. The number of nitrogens with zero attached hydrogens (tertiary/aromatic N) is 1. The van der Waals surface area contributed by atoms with Crippen LogP contribution in [0.15, 0.2) is 17.5 Å². The van der Waals surface area contributed by atoms with E-state index in [9.17, 15) is 0 Å². The Bertz CT molecular complexity index is 485. The molecule has 1 aliphatic carbocycles. The average Bonchev–Trinajstić information content (AvgIpc) is 2.88. The number of aromatic nitrogens is 1. The van der Waals surface area contributed by atoms with Crippen LogP contribution in [0.2, 0.25) is 5.02 Å². The summed E-state index contributed by atoms with van der Waals surface area (Å²) in [5, 5.41) is 2.93. The topological polar surface area (TPSA) is 12.9 Å². The molecular formula is C12H12ClNS. The lowest BCUT2D eigenvalue weighted by atomic mass is 10.0.